The van der Waals surface area contributed by atoms with Crippen molar-refractivity contribution in [2.75, 3.05) is 7.11 Å². The molecule has 2 nitrogen and oxygen atoms in total. The topological polar surface area (TPSA) is 35.2 Å². The molecule has 0 amide bonds. The van der Waals surface area contributed by atoms with Gasteiger partial charge < -0.3 is 10.5 Å². The van der Waals surface area contributed by atoms with E-state index in [0.29, 0.717) is 6.42 Å². The third-order valence-corrected chi connectivity index (χ3v) is 3.25. The number of hydrogen-bond donors (Lipinski definition) is 1. The molecule has 2 aromatic rings. The van der Waals surface area contributed by atoms with Gasteiger partial charge in [-0.3, -0.25) is 0 Å². The fraction of sp³-hybridized carbons (Fsp3) is 0.200. The van der Waals surface area contributed by atoms with Crippen molar-refractivity contribution in [3.05, 3.63) is 64.4 Å². The molecule has 0 aromatic heterocycles. The minimum Gasteiger partial charge on any atom is -0.497 e. The molecular formula is C15H15ClFNO. The van der Waals surface area contributed by atoms with Gasteiger partial charge in [0, 0.05) is 6.04 Å². The van der Waals surface area contributed by atoms with Gasteiger partial charge in [-0.15, -0.1) is 0 Å². The van der Waals surface area contributed by atoms with Gasteiger partial charge in [-0.2, -0.15) is 0 Å². The first-order valence-corrected chi connectivity index (χ1v) is 6.31. The normalized spacial score (nSPS) is 12.2. The van der Waals surface area contributed by atoms with Crippen LogP contribution >= 0.6 is 11.6 Å². The van der Waals surface area contributed by atoms with Crippen molar-refractivity contribution in [1.29, 1.82) is 0 Å². The summed E-state index contributed by atoms with van der Waals surface area (Å²) in [5.74, 6) is 0.362. The third kappa shape index (κ3) is 3.46. The molecule has 0 spiro atoms. The van der Waals surface area contributed by atoms with Crippen LogP contribution in [0.1, 0.15) is 17.2 Å². The molecule has 1 atom stereocenters. The highest BCUT2D eigenvalue weighted by atomic mass is 35.5. The van der Waals surface area contributed by atoms with Gasteiger partial charge in [-0.25, -0.2) is 4.39 Å². The van der Waals surface area contributed by atoms with Crippen molar-refractivity contribution in [2.45, 2.75) is 12.5 Å². The minimum atomic E-state index is -0.431. The molecule has 1 unspecified atom stereocenters. The van der Waals surface area contributed by atoms with Crippen molar-refractivity contribution in [3.8, 4) is 5.75 Å². The third-order valence-electron chi connectivity index (χ3n) is 2.96. The number of methoxy groups -OCH3 is 1. The first-order valence-electron chi connectivity index (χ1n) is 5.93. The van der Waals surface area contributed by atoms with E-state index in [9.17, 15) is 4.39 Å². The molecule has 0 saturated carbocycles. The van der Waals surface area contributed by atoms with E-state index in [4.69, 9.17) is 22.1 Å². The van der Waals surface area contributed by atoms with Crippen molar-refractivity contribution in [2.24, 2.45) is 5.73 Å². The second kappa shape index (κ2) is 6.04. The Morgan fingerprint density at radius 1 is 1.26 bits per heavy atom. The van der Waals surface area contributed by atoms with Crippen LogP contribution < -0.4 is 10.5 Å². The van der Waals surface area contributed by atoms with E-state index in [2.05, 4.69) is 0 Å². The predicted molar refractivity (Wildman–Crippen MR) is 75.0 cm³/mol. The number of hydrogen-bond acceptors (Lipinski definition) is 2. The summed E-state index contributed by atoms with van der Waals surface area (Å²) in [5, 5.41) is 0.0959. The Morgan fingerprint density at radius 3 is 2.74 bits per heavy atom. The fourth-order valence-electron chi connectivity index (χ4n) is 1.91. The molecule has 2 rings (SSSR count). The summed E-state index contributed by atoms with van der Waals surface area (Å²) >= 11 is 5.76. The average molecular weight is 280 g/mol. The molecule has 100 valence electrons. The molecule has 2 N–H and O–H groups in total. The van der Waals surface area contributed by atoms with Crippen molar-refractivity contribution in [1.82, 2.24) is 0 Å². The Hall–Kier alpha value is -1.58. The molecule has 4 heteroatoms. The van der Waals surface area contributed by atoms with Crippen LogP contribution in [0.2, 0.25) is 5.02 Å². The number of benzene rings is 2. The standard InChI is InChI=1S/C15H15ClFNO/c1-19-12-4-2-3-10(7-12)8-15(18)11-5-6-14(17)13(16)9-11/h2-7,9,15H,8,18H2,1H3. The lowest BCUT2D eigenvalue weighted by molar-refractivity contribution is 0.414. The Balaban J connectivity index is 2.15. The van der Waals surface area contributed by atoms with E-state index in [1.165, 1.54) is 6.07 Å². The van der Waals surface area contributed by atoms with Gasteiger partial charge in [0.05, 0.1) is 12.1 Å². The molecule has 2 aromatic carbocycles. The Kier molecular flexibility index (Phi) is 4.40. The Bertz CT molecular complexity index is 574. The Morgan fingerprint density at radius 2 is 2.05 bits per heavy atom. The smallest absolute Gasteiger partial charge is 0.141 e. The first-order chi connectivity index (χ1) is 9.10. The Labute approximate surface area is 117 Å². The van der Waals surface area contributed by atoms with Crippen LogP contribution in [0, 0.1) is 5.82 Å². The summed E-state index contributed by atoms with van der Waals surface area (Å²) in [6, 6.07) is 12.0. The van der Waals surface area contributed by atoms with Crippen molar-refractivity contribution < 1.29 is 9.13 Å². The maximum Gasteiger partial charge on any atom is 0.141 e. The zero-order chi connectivity index (χ0) is 13.8. The van der Waals surface area contributed by atoms with Gasteiger partial charge in [0.15, 0.2) is 0 Å². The maximum atomic E-state index is 13.1. The highest BCUT2D eigenvalue weighted by Crippen LogP contribution is 2.23. The molecule has 0 bridgehead atoms. The molecule has 0 aliphatic rings. The van der Waals surface area contributed by atoms with E-state index in [1.54, 1.807) is 19.2 Å². The zero-order valence-electron chi connectivity index (χ0n) is 10.6. The van der Waals surface area contributed by atoms with Gasteiger partial charge in [0.25, 0.3) is 0 Å². The molecule has 0 radical (unpaired) electrons. The molecule has 19 heavy (non-hydrogen) atoms. The number of nitrogens with two attached hydrogens (primary N) is 1. The largest absolute Gasteiger partial charge is 0.497 e. The van der Waals surface area contributed by atoms with Crippen LogP contribution in [-0.4, -0.2) is 7.11 Å². The summed E-state index contributed by atoms with van der Waals surface area (Å²) in [5.41, 5.74) is 7.99. The lowest BCUT2D eigenvalue weighted by Crippen LogP contribution is -2.13. The SMILES string of the molecule is COc1cccc(CC(N)c2ccc(F)c(Cl)c2)c1. The maximum absolute atomic E-state index is 13.1. The van der Waals surface area contributed by atoms with Crippen LogP contribution in [0.15, 0.2) is 42.5 Å². The molecule has 0 fully saturated rings. The predicted octanol–water partition coefficient (Wildman–Crippen LogP) is 3.73. The fourth-order valence-corrected chi connectivity index (χ4v) is 2.10. The van der Waals surface area contributed by atoms with E-state index >= 15 is 0 Å². The van der Waals surface area contributed by atoms with Crippen LogP contribution in [-0.2, 0) is 6.42 Å². The van der Waals surface area contributed by atoms with E-state index < -0.39 is 5.82 Å². The van der Waals surface area contributed by atoms with Gasteiger partial charge in [0.1, 0.15) is 11.6 Å². The number of halogens is 2. The summed E-state index contributed by atoms with van der Waals surface area (Å²) in [7, 11) is 1.62. The molecular weight excluding hydrogens is 265 g/mol. The van der Waals surface area contributed by atoms with Gasteiger partial charge >= 0.3 is 0 Å². The van der Waals surface area contributed by atoms with Crippen LogP contribution in [0.3, 0.4) is 0 Å². The molecule has 0 aliphatic carbocycles. The first kappa shape index (κ1) is 13.8. The van der Waals surface area contributed by atoms with Gasteiger partial charge in [-0.05, 0) is 41.8 Å². The summed E-state index contributed by atoms with van der Waals surface area (Å²) < 4.78 is 18.3. The zero-order valence-corrected chi connectivity index (χ0v) is 11.3. The highest BCUT2D eigenvalue weighted by Gasteiger charge is 2.10. The summed E-state index contributed by atoms with van der Waals surface area (Å²) in [6.07, 6.45) is 0.638. The number of rotatable bonds is 4. The quantitative estimate of drug-likeness (QED) is 0.925. The van der Waals surface area contributed by atoms with E-state index in [-0.39, 0.29) is 11.1 Å². The van der Waals surface area contributed by atoms with Gasteiger partial charge in [-0.1, -0.05) is 29.8 Å². The molecule has 0 heterocycles. The van der Waals surface area contributed by atoms with Crippen molar-refractivity contribution in [3.63, 3.8) is 0 Å². The minimum absolute atomic E-state index is 0.0959. The average Bonchev–Trinajstić information content (AvgIpc) is 2.42. The lowest BCUT2D eigenvalue weighted by Gasteiger charge is -2.13. The number of ether oxygens (including phenoxy) is 1. The molecule has 0 aliphatic heterocycles. The second-order valence-corrected chi connectivity index (χ2v) is 4.74. The van der Waals surface area contributed by atoms with E-state index in [0.717, 1.165) is 16.9 Å². The lowest BCUT2D eigenvalue weighted by atomic mass is 9.99. The van der Waals surface area contributed by atoms with Crippen LogP contribution in [0.5, 0.6) is 5.75 Å². The van der Waals surface area contributed by atoms with E-state index in [1.807, 2.05) is 24.3 Å². The van der Waals surface area contributed by atoms with Crippen LogP contribution in [0.25, 0.3) is 0 Å². The second-order valence-electron chi connectivity index (χ2n) is 4.34. The molecule has 0 saturated heterocycles. The van der Waals surface area contributed by atoms with Gasteiger partial charge in [0.2, 0.25) is 0 Å². The summed E-state index contributed by atoms with van der Waals surface area (Å²) in [4.78, 5) is 0. The van der Waals surface area contributed by atoms with Crippen LogP contribution in [0.4, 0.5) is 4.39 Å². The highest BCUT2D eigenvalue weighted by molar-refractivity contribution is 6.30. The summed E-state index contributed by atoms with van der Waals surface area (Å²) in [6.45, 7) is 0. The van der Waals surface area contributed by atoms with Crippen molar-refractivity contribution >= 4 is 11.6 Å². The monoisotopic (exact) mass is 279 g/mol.